The first-order valence-electron chi connectivity index (χ1n) is 8.40. The van der Waals surface area contributed by atoms with E-state index in [1.807, 2.05) is 36.4 Å². The minimum absolute atomic E-state index is 0.0611. The zero-order chi connectivity index (χ0) is 19.9. The molecule has 0 bridgehead atoms. The third-order valence-electron chi connectivity index (χ3n) is 4.02. The number of rotatable bonds is 4. The van der Waals surface area contributed by atoms with Crippen molar-refractivity contribution in [2.75, 3.05) is 0 Å². The van der Waals surface area contributed by atoms with Gasteiger partial charge in [-0.25, -0.2) is 0 Å². The molecule has 0 spiro atoms. The van der Waals surface area contributed by atoms with Crippen molar-refractivity contribution in [3.05, 3.63) is 69.7 Å². The van der Waals surface area contributed by atoms with Gasteiger partial charge < -0.3 is 15.9 Å². The van der Waals surface area contributed by atoms with Gasteiger partial charge >= 0.3 is 11.9 Å². The van der Waals surface area contributed by atoms with Gasteiger partial charge in [-0.05, 0) is 58.6 Å². The van der Waals surface area contributed by atoms with E-state index in [1.54, 1.807) is 0 Å². The molecule has 140 valence electrons. The Kier molecular flexibility index (Phi) is 7.17. The predicted molar refractivity (Wildman–Crippen MR) is 106 cm³/mol. The molecular weight excluding hydrogens is 410 g/mol. The van der Waals surface area contributed by atoms with Gasteiger partial charge in [0.15, 0.2) is 0 Å². The van der Waals surface area contributed by atoms with Crippen molar-refractivity contribution < 1.29 is 19.8 Å². The maximum absolute atomic E-state index is 9.64. The first kappa shape index (κ1) is 20.7. The first-order chi connectivity index (χ1) is 12.8. The molecule has 0 heterocycles. The topological polar surface area (TPSA) is 101 Å². The number of hydrogen-bond acceptors (Lipinski definition) is 3. The van der Waals surface area contributed by atoms with Crippen LogP contribution in [0.2, 0.25) is 0 Å². The normalized spacial score (nSPS) is 13.4. The second kappa shape index (κ2) is 9.36. The molecule has 6 heteroatoms. The fourth-order valence-corrected chi connectivity index (χ4v) is 2.61. The number of carboxylic acids is 2. The lowest BCUT2D eigenvalue weighted by molar-refractivity contribution is -0.143. The lowest BCUT2D eigenvalue weighted by atomic mass is 10.0. The highest BCUT2D eigenvalue weighted by Crippen LogP contribution is 2.42. The summed E-state index contributed by atoms with van der Waals surface area (Å²) < 4.78 is 1.03. The van der Waals surface area contributed by atoms with Gasteiger partial charge in [-0.1, -0.05) is 36.1 Å². The fourth-order valence-electron chi connectivity index (χ4n) is 2.22. The monoisotopic (exact) mass is 429 g/mol. The maximum atomic E-state index is 9.64. The van der Waals surface area contributed by atoms with Crippen LogP contribution in [0.4, 0.5) is 0 Å². The fraction of sp³-hybridized carbons (Fsp3) is 0.238. The van der Waals surface area contributed by atoms with Crippen molar-refractivity contribution >= 4 is 27.9 Å². The van der Waals surface area contributed by atoms with E-state index in [0.29, 0.717) is 0 Å². The number of hydrogen-bond donors (Lipinski definition) is 3. The summed E-state index contributed by atoms with van der Waals surface area (Å²) >= 11 is 3.50. The summed E-state index contributed by atoms with van der Waals surface area (Å²) in [6.07, 6.45) is 1.59. The largest absolute Gasteiger partial charge is 0.481 e. The second-order valence-corrected chi connectivity index (χ2v) is 7.11. The summed E-state index contributed by atoms with van der Waals surface area (Å²) in [5.41, 5.74) is 9.34. The molecule has 1 saturated carbocycles. The Hall–Kier alpha value is -2.62. The van der Waals surface area contributed by atoms with Crippen LogP contribution in [0.15, 0.2) is 53.0 Å². The Labute approximate surface area is 166 Å². The van der Waals surface area contributed by atoms with E-state index in [4.69, 9.17) is 15.9 Å². The van der Waals surface area contributed by atoms with E-state index in [9.17, 15) is 9.59 Å². The van der Waals surface area contributed by atoms with E-state index in [-0.39, 0.29) is 18.4 Å². The predicted octanol–water partition coefficient (Wildman–Crippen LogP) is 3.73. The molecule has 3 rings (SSSR count). The van der Waals surface area contributed by atoms with Gasteiger partial charge in [-0.15, -0.1) is 0 Å². The van der Waals surface area contributed by atoms with Gasteiger partial charge in [-0.2, -0.15) is 0 Å². The molecular formula is C21H20BrNO4. The van der Waals surface area contributed by atoms with Crippen LogP contribution in [0.3, 0.4) is 0 Å². The summed E-state index contributed by atoms with van der Waals surface area (Å²) in [4.78, 5) is 19.3. The van der Waals surface area contributed by atoms with Gasteiger partial charge in [-0.3, -0.25) is 9.59 Å². The molecule has 0 saturated heterocycles. The molecule has 1 aliphatic rings. The Morgan fingerprint density at radius 3 is 2.00 bits per heavy atom. The zero-order valence-electron chi connectivity index (χ0n) is 14.6. The van der Waals surface area contributed by atoms with Crippen molar-refractivity contribution in [2.24, 2.45) is 5.73 Å². The van der Waals surface area contributed by atoms with Crippen LogP contribution in [0.1, 0.15) is 42.4 Å². The van der Waals surface area contributed by atoms with E-state index >= 15 is 0 Å². The third-order valence-corrected chi connectivity index (χ3v) is 4.71. The van der Waals surface area contributed by atoms with Gasteiger partial charge in [0.1, 0.15) is 0 Å². The minimum atomic E-state index is -1.08. The molecule has 4 N–H and O–H groups in total. The summed E-state index contributed by atoms with van der Waals surface area (Å²) in [6.45, 7) is 0. The lowest BCUT2D eigenvalue weighted by Crippen LogP contribution is -2.18. The highest BCUT2D eigenvalue weighted by molar-refractivity contribution is 9.10. The van der Waals surface area contributed by atoms with Crippen LogP contribution in [-0.2, 0) is 15.1 Å². The highest BCUT2D eigenvalue weighted by atomic mass is 79.9. The first-order valence-corrected chi connectivity index (χ1v) is 9.19. The quantitative estimate of drug-likeness (QED) is 0.642. The summed E-state index contributed by atoms with van der Waals surface area (Å²) in [7, 11) is 0. The zero-order valence-corrected chi connectivity index (χ0v) is 16.2. The van der Waals surface area contributed by atoms with Gasteiger partial charge in [0.05, 0.1) is 12.8 Å². The average molecular weight is 430 g/mol. The molecule has 2 aromatic carbocycles. The van der Waals surface area contributed by atoms with Gasteiger partial charge in [0.2, 0.25) is 0 Å². The smallest absolute Gasteiger partial charge is 0.303 e. The average Bonchev–Trinajstić information content (AvgIpc) is 3.39. The Bertz CT molecular complexity index is 863. The van der Waals surface area contributed by atoms with Crippen LogP contribution >= 0.6 is 15.9 Å². The Morgan fingerprint density at radius 2 is 1.52 bits per heavy atom. The summed E-state index contributed by atoms with van der Waals surface area (Å²) in [6, 6.07) is 16.3. The molecule has 2 aromatic rings. The van der Waals surface area contributed by atoms with Crippen LogP contribution in [0.5, 0.6) is 0 Å². The standard InChI is InChI=1S/C17H14BrN.C4H6O4/c18-16-4-2-1-3-14(16)8-5-13-6-9-15(10-7-13)17(19)11-12-17;5-3(6)1-2-4(7)8/h1-4,6-7,9-10H,11-12,19H2;1-2H2,(H,5,6)(H,7,8). The number of halogens is 1. The minimum Gasteiger partial charge on any atom is -0.481 e. The maximum Gasteiger partial charge on any atom is 0.303 e. The molecule has 0 aromatic heterocycles. The highest BCUT2D eigenvalue weighted by Gasteiger charge is 2.39. The number of benzene rings is 2. The number of aliphatic carboxylic acids is 2. The van der Waals surface area contributed by atoms with Gasteiger partial charge in [0.25, 0.3) is 0 Å². The van der Waals surface area contributed by atoms with E-state index in [0.717, 1.165) is 28.4 Å². The number of carboxylic acid groups (broad SMARTS) is 2. The Morgan fingerprint density at radius 1 is 0.963 bits per heavy atom. The molecule has 0 unspecified atom stereocenters. The van der Waals surface area contributed by atoms with E-state index in [2.05, 4.69) is 39.9 Å². The summed E-state index contributed by atoms with van der Waals surface area (Å²) in [5, 5.41) is 15.8. The lowest BCUT2D eigenvalue weighted by Gasteiger charge is -2.07. The molecule has 0 amide bonds. The molecule has 1 fully saturated rings. The molecule has 5 nitrogen and oxygen atoms in total. The summed E-state index contributed by atoms with van der Waals surface area (Å²) in [5.74, 6) is 4.20. The molecule has 0 radical (unpaired) electrons. The van der Waals surface area contributed by atoms with E-state index in [1.165, 1.54) is 5.56 Å². The molecule has 27 heavy (non-hydrogen) atoms. The van der Waals surface area contributed by atoms with Crippen LogP contribution in [0, 0.1) is 11.8 Å². The van der Waals surface area contributed by atoms with Crippen molar-refractivity contribution in [2.45, 2.75) is 31.2 Å². The number of nitrogens with two attached hydrogens (primary N) is 1. The van der Waals surface area contributed by atoms with Gasteiger partial charge in [0, 0.05) is 21.1 Å². The van der Waals surface area contributed by atoms with Crippen LogP contribution in [-0.4, -0.2) is 22.2 Å². The van der Waals surface area contributed by atoms with Crippen molar-refractivity contribution in [3.63, 3.8) is 0 Å². The SMILES string of the molecule is NC1(c2ccc(C#Cc3ccccc3Br)cc2)CC1.O=C(O)CCC(=O)O. The molecule has 0 aliphatic heterocycles. The Balaban J connectivity index is 0.000000279. The third kappa shape index (κ3) is 6.89. The second-order valence-electron chi connectivity index (χ2n) is 6.25. The van der Waals surface area contributed by atoms with E-state index < -0.39 is 11.9 Å². The van der Waals surface area contributed by atoms with Crippen molar-refractivity contribution in [3.8, 4) is 11.8 Å². The molecule has 0 atom stereocenters. The van der Waals surface area contributed by atoms with Crippen LogP contribution in [0.25, 0.3) is 0 Å². The van der Waals surface area contributed by atoms with Crippen molar-refractivity contribution in [1.82, 2.24) is 0 Å². The molecule has 1 aliphatic carbocycles. The van der Waals surface area contributed by atoms with Crippen molar-refractivity contribution in [1.29, 1.82) is 0 Å². The van der Waals surface area contributed by atoms with Crippen LogP contribution < -0.4 is 5.73 Å². The number of carbonyl (C=O) groups is 2.